The summed E-state index contributed by atoms with van der Waals surface area (Å²) in [5.74, 6) is -2.95. The molecule has 0 saturated carbocycles. The molecule has 0 unspecified atom stereocenters. The summed E-state index contributed by atoms with van der Waals surface area (Å²) in [5.41, 5.74) is 0. The third-order valence-corrected chi connectivity index (χ3v) is 3.39. The average Bonchev–Trinajstić information content (AvgIpc) is 2.50. The average molecular weight is 332 g/mol. The van der Waals surface area contributed by atoms with Gasteiger partial charge in [-0.25, -0.2) is 0 Å². The van der Waals surface area contributed by atoms with E-state index in [0.29, 0.717) is 5.39 Å². The van der Waals surface area contributed by atoms with Crippen LogP contribution in [0.4, 0.5) is 0 Å². The second kappa shape index (κ2) is 6.78. The molecule has 0 saturated heterocycles. The van der Waals surface area contributed by atoms with Crippen molar-refractivity contribution >= 4 is 22.7 Å². The van der Waals surface area contributed by atoms with Gasteiger partial charge in [-0.2, -0.15) is 0 Å². The van der Waals surface area contributed by atoms with E-state index in [0.717, 1.165) is 0 Å². The second-order valence-electron chi connectivity index (χ2n) is 6.08. The van der Waals surface area contributed by atoms with Gasteiger partial charge in [-0.15, -0.1) is 0 Å². The van der Waals surface area contributed by atoms with Gasteiger partial charge in [-0.3, -0.25) is 9.59 Å². The molecule has 0 heterocycles. The molecular weight excluding hydrogens is 312 g/mol. The number of fused-ring (bicyclic) bond motifs is 1. The zero-order chi connectivity index (χ0) is 18.0. The first-order chi connectivity index (χ1) is 11.2. The van der Waals surface area contributed by atoms with Gasteiger partial charge < -0.3 is 19.7 Å². The normalized spacial score (nSPS) is 11.1. The Hall–Kier alpha value is -2.76. The number of esters is 2. The molecule has 2 rings (SSSR count). The Morgan fingerprint density at radius 3 is 2.12 bits per heavy atom. The number of phenolic OH excluding ortho intramolecular Hbond substituents is 2. The van der Waals surface area contributed by atoms with Crippen LogP contribution in [0.25, 0.3) is 10.8 Å². The van der Waals surface area contributed by atoms with E-state index in [4.69, 9.17) is 9.47 Å². The van der Waals surface area contributed by atoms with Crippen LogP contribution in [0, 0.1) is 11.8 Å². The molecule has 0 spiro atoms. The highest BCUT2D eigenvalue weighted by molar-refractivity contribution is 5.98. The van der Waals surface area contributed by atoms with Crippen molar-refractivity contribution in [2.75, 3.05) is 0 Å². The van der Waals surface area contributed by atoms with Crippen molar-refractivity contribution in [3.63, 3.8) is 0 Å². The fourth-order valence-corrected chi connectivity index (χ4v) is 1.99. The fourth-order valence-electron chi connectivity index (χ4n) is 1.99. The number of phenols is 2. The summed E-state index contributed by atoms with van der Waals surface area (Å²) in [4.78, 5) is 23.8. The van der Waals surface area contributed by atoms with Crippen molar-refractivity contribution in [3.8, 4) is 23.0 Å². The topological polar surface area (TPSA) is 93.1 Å². The van der Waals surface area contributed by atoms with Gasteiger partial charge in [0.2, 0.25) is 5.75 Å². The van der Waals surface area contributed by atoms with Crippen molar-refractivity contribution in [2.45, 2.75) is 27.7 Å². The summed E-state index contributed by atoms with van der Waals surface area (Å²) >= 11 is 0. The van der Waals surface area contributed by atoms with Crippen LogP contribution in [0.3, 0.4) is 0 Å². The number of hydrogen-bond donors (Lipinski definition) is 2. The lowest BCUT2D eigenvalue weighted by Crippen LogP contribution is -2.18. The standard InChI is InChI=1S/C18H20O6/c1-9(2)17(21)23-13-8-11-6-5-7-12(19)14(11)15(20)16(13)24-18(22)10(3)4/h5-10,19-20H,1-4H3. The molecule has 0 aliphatic rings. The maximum atomic E-state index is 11.9. The van der Waals surface area contributed by atoms with Crippen LogP contribution in [0.1, 0.15) is 27.7 Å². The fraction of sp³-hybridized carbons (Fsp3) is 0.333. The largest absolute Gasteiger partial charge is 0.507 e. The Labute approximate surface area is 139 Å². The SMILES string of the molecule is CC(C)C(=O)Oc1cc2cccc(O)c2c(O)c1OC(=O)C(C)C. The first-order valence-corrected chi connectivity index (χ1v) is 7.63. The van der Waals surface area contributed by atoms with Crippen LogP contribution in [0.15, 0.2) is 24.3 Å². The molecule has 2 aromatic rings. The van der Waals surface area contributed by atoms with E-state index >= 15 is 0 Å². The van der Waals surface area contributed by atoms with Crippen molar-refractivity contribution in [1.29, 1.82) is 0 Å². The Bertz CT molecular complexity index is 792. The lowest BCUT2D eigenvalue weighted by molar-refractivity contribution is -0.140. The minimum Gasteiger partial charge on any atom is -0.507 e. The molecule has 0 radical (unpaired) electrons. The van der Waals surface area contributed by atoms with E-state index in [9.17, 15) is 19.8 Å². The number of carbonyl (C=O) groups excluding carboxylic acids is 2. The maximum Gasteiger partial charge on any atom is 0.314 e. The first-order valence-electron chi connectivity index (χ1n) is 7.63. The van der Waals surface area contributed by atoms with Crippen LogP contribution < -0.4 is 9.47 Å². The summed E-state index contributed by atoms with van der Waals surface area (Å²) in [6.45, 7) is 6.60. The molecule has 0 fully saturated rings. The predicted molar refractivity (Wildman–Crippen MR) is 88.2 cm³/mol. The van der Waals surface area contributed by atoms with Crippen molar-refractivity contribution in [2.24, 2.45) is 11.8 Å². The van der Waals surface area contributed by atoms with E-state index in [1.54, 1.807) is 39.8 Å². The van der Waals surface area contributed by atoms with Crippen LogP contribution in [-0.4, -0.2) is 22.2 Å². The van der Waals surface area contributed by atoms with E-state index in [-0.39, 0.29) is 22.6 Å². The van der Waals surface area contributed by atoms with Gasteiger partial charge >= 0.3 is 11.9 Å². The summed E-state index contributed by atoms with van der Waals surface area (Å²) in [6, 6.07) is 6.06. The van der Waals surface area contributed by atoms with Crippen LogP contribution >= 0.6 is 0 Å². The molecule has 0 amide bonds. The molecule has 2 aromatic carbocycles. The molecule has 0 aliphatic carbocycles. The number of aromatic hydroxyl groups is 2. The second-order valence-corrected chi connectivity index (χ2v) is 6.08. The molecule has 0 aromatic heterocycles. The quantitative estimate of drug-likeness (QED) is 0.658. The summed E-state index contributed by atoms with van der Waals surface area (Å²) in [5, 5.41) is 21.0. The minimum atomic E-state index is -0.595. The minimum absolute atomic E-state index is 0.0710. The third-order valence-electron chi connectivity index (χ3n) is 3.39. The first kappa shape index (κ1) is 17.6. The predicted octanol–water partition coefficient (Wildman–Crippen LogP) is 3.37. The Balaban J connectivity index is 2.64. The van der Waals surface area contributed by atoms with Gasteiger partial charge in [0.1, 0.15) is 5.75 Å². The van der Waals surface area contributed by atoms with Crippen LogP contribution in [0.2, 0.25) is 0 Å². The van der Waals surface area contributed by atoms with E-state index < -0.39 is 29.5 Å². The van der Waals surface area contributed by atoms with Gasteiger partial charge in [-0.05, 0) is 17.5 Å². The molecule has 6 heteroatoms. The highest BCUT2D eigenvalue weighted by atomic mass is 16.6. The van der Waals surface area contributed by atoms with Gasteiger partial charge in [0.05, 0.1) is 17.2 Å². The van der Waals surface area contributed by atoms with Gasteiger partial charge in [0, 0.05) is 0 Å². The van der Waals surface area contributed by atoms with Crippen LogP contribution in [-0.2, 0) is 9.59 Å². The highest BCUT2D eigenvalue weighted by Crippen LogP contribution is 2.46. The van der Waals surface area contributed by atoms with Crippen molar-refractivity contribution in [1.82, 2.24) is 0 Å². The number of benzene rings is 2. The smallest absolute Gasteiger partial charge is 0.314 e. The summed E-state index contributed by atoms with van der Waals surface area (Å²) in [6.07, 6.45) is 0. The van der Waals surface area contributed by atoms with Crippen LogP contribution in [0.5, 0.6) is 23.0 Å². The van der Waals surface area contributed by atoms with E-state index in [1.165, 1.54) is 12.1 Å². The summed E-state index contributed by atoms with van der Waals surface area (Å²) < 4.78 is 10.5. The molecule has 0 bridgehead atoms. The van der Waals surface area contributed by atoms with Gasteiger partial charge in [-0.1, -0.05) is 39.8 Å². The zero-order valence-electron chi connectivity index (χ0n) is 14.0. The monoisotopic (exact) mass is 332 g/mol. The molecule has 2 N–H and O–H groups in total. The van der Waals surface area contributed by atoms with Crippen molar-refractivity contribution in [3.05, 3.63) is 24.3 Å². The zero-order valence-corrected chi connectivity index (χ0v) is 14.0. The van der Waals surface area contributed by atoms with E-state index in [2.05, 4.69) is 0 Å². The number of hydrogen-bond acceptors (Lipinski definition) is 6. The number of rotatable bonds is 4. The molecule has 6 nitrogen and oxygen atoms in total. The van der Waals surface area contributed by atoms with Gasteiger partial charge in [0.15, 0.2) is 11.5 Å². The van der Waals surface area contributed by atoms with Crippen molar-refractivity contribution < 1.29 is 29.3 Å². The third kappa shape index (κ3) is 3.42. The van der Waals surface area contributed by atoms with E-state index in [1.807, 2.05) is 0 Å². The maximum absolute atomic E-state index is 11.9. The number of ether oxygens (including phenoxy) is 2. The molecule has 0 atom stereocenters. The number of carbonyl (C=O) groups is 2. The Morgan fingerprint density at radius 2 is 1.54 bits per heavy atom. The molecule has 0 aliphatic heterocycles. The highest BCUT2D eigenvalue weighted by Gasteiger charge is 2.24. The Kier molecular flexibility index (Phi) is 4.97. The lowest BCUT2D eigenvalue weighted by atomic mass is 10.1. The molecule has 24 heavy (non-hydrogen) atoms. The molecule has 128 valence electrons. The Morgan fingerprint density at radius 1 is 0.958 bits per heavy atom. The molecular formula is C18H20O6. The van der Waals surface area contributed by atoms with Gasteiger partial charge in [0.25, 0.3) is 0 Å². The summed E-state index contributed by atoms with van der Waals surface area (Å²) in [7, 11) is 0. The lowest BCUT2D eigenvalue weighted by Gasteiger charge is -2.16.